The van der Waals surface area contributed by atoms with Gasteiger partial charge < -0.3 is 0 Å². The van der Waals surface area contributed by atoms with Crippen LogP contribution in [0.25, 0.3) is 6.08 Å². The SMILES string of the molecule is Cc1ccc(C(/C=C/c2ccccc2)=Nc2ccccc2I)cc1. The lowest BCUT2D eigenvalue weighted by Crippen LogP contribution is -1.96. The number of benzene rings is 3. The number of aryl methyl sites for hydroxylation is 1. The van der Waals surface area contributed by atoms with E-state index in [0.717, 1.165) is 20.5 Å². The summed E-state index contributed by atoms with van der Waals surface area (Å²) < 4.78 is 1.15. The van der Waals surface area contributed by atoms with Crippen molar-refractivity contribution < 1.29 is 0 Å². The lowest BCUT2D eigenvalue weighted by atomic mass is 10.1. The molecule has 0 N–H and O–H groups in total. The average molecular weight is 423 g/mol. The van der Waals surface area contributed by atoms with E-state index in [-0.39, 0.29) is 0 Å². The zero-order valence-electron chi connectivity index (χ0n) is 13.5. The van der Waals surface area contributed by atoms with Crippen molar-refractivity contribution in [3.05, 3.63) is 105 Å². The van der Waals surface area contributed by atoms with Crippen molar-refractivity contribution in [3.63, 3.8) is 0 Å². The summed E-state index contributed by atoms with van der Waals surface area (Å²) in [5.41, 5.74) is 5.49. The summed E-state index contributed by atoms with van der Waals surface area (Å²) >= 11 is 2.33. The van der Waals surface area contributed by atoms with E-state index in [1.165, 1.54) is 11.1 Å². The molecule has 0 spiro atoms. The Hall–Kier alpha value is -2.20. The molecular formula is C22H18IN. The molecule has 0 radical (unpaired) electrons. The third-order valence-electron chi connectivity index (χ3n) is 3.67. The van der Waals surface area contributed by atoms with E-state index in [1.807, 2.05) is 36.4 Å². The van der Waals surface area contributed by atoms with Gasteiger partial charge in [0, 0.05) is 9.13 Å². The maximum Gasteiger partial charge on any atom is 0.0770 e. The lowest BCUT2D eigenvalue weighted by molar-refractivity contribution is 1.44. The summed E-state index contributed by atoms with van der Waals surface area (Å²) in [6.07, 6.45) is 4.19. The second kappa shape index (κ2) is 8.06. The first-order valence-corrected chi connectivity index (χ1v) is 8.94. The molecule has 0 unspecified atom stereocenters. The number of para-hydroxylation sites is 1. The zero-order valence-corrected chi connectivity index (χ0v) is 15.6. The molecule has 118 valence electrons. The minimum Gasteiger partial charge on any atom is -0.247 e. The number of halogens is 1. The lowest BCUT2D eigenvalue weighted by Gasteiger charge is -2.05. The molecule has 0 aliphatic carbocycles. The molecule has 24 heavy (non-hydrogen) atoms. The Morgan fingerprint density at radius 2 is 1.50 bits per heavy atom. The van der Waals surface area contributed by atoms with Crippen molar-refractivity contribution in [1.29, 1.82) is 0 Å². The van der Waals surface area contributed by atoms with Gasteiger partial charge in [-0.15, -0.1) is 0 Å². The van der Waals surface area contributed by atoms with Crippen LogP contribution in [0.3, 0.4) is 0 Å². The molecule has 0 saturated heterocycles. The summed E-state index contributed by atoms with van der Waals surface area (Å²) in [5, 5.41) is 0. The second-order valence-electron chi connectivity index (χ2n) is 5.56. The monoisotopic (exact) mass is 423 g/mol. The third-order valence-corrected chi connectivity index (χ3v) is 4.59. The number of allylic oxidation sites excluding steroid dienone is 1. The van der Waals surface area contributed by atoms with E-state index in [1.54, 1.807) is 0 Å². The van der Waals surface area contributed by atoms with Crippen LogP contribution in [0.4, 0.5) is 5.69 Å². The van der Waals surface area contributed by atoms with Crippen LogP contribution in [0, 0.1) is 10.5 Å². The van der Waals surface area contributed by atoms with Crippen molar-refractivity contribution in [2.24, 2.45) is 4.99 Å². The first-order chi connectivity index (χ1) is 11.7. The number of hydrogen-bond donors (Lipinski definition) is 0. The maximum absolute atomic E-state index is 4.90. The number of aliphatic imine (C=N–C) groups is 1. The summed E-state index contributed by atoms with van der Waals surface area (Å²) in [7, 11) is 0. The minimum atomic E-state index is 0.961. The molecule has 0 heterocycles. The Labute approximate surface area is 156 Å². The molecule has 3 aromatic carbocycles. The van der Waals surface area contributed by atoms with E-state index in [2.05, 4.69) is 84.1 Å². The van der Waals surface area contributed by atoms with Gasteiger partial charge in [0.2, 0.25) is 0 Å². The molecule has 2 heteroatoms. The molecule has 0 bridgehead atoms. The third kappa shape index (κ3) is 4.42. The molecule has 3 aromatic rings. The largest absolute Gasteiger partial charge is 0.247 e. The summed E-state index contributed by atoms with van der Waals surface area (Å²) in [5.74, 6) is 0. The Morgan fingerprint density at radius 1 is 0.833 bits per heavy atom. The normalized spacial score (nSPS) is 11.8. The first-order valence-electron chi connectivity index (χ1n) is 7.86. The average Bonchev–Trinajstić information content (AvgIpc) is 2.62. The van der Waals surface area contributed by atoms with Crippen molar-refractivity contribution >= 4 is 40.1 Å². The van der Waals surface area contributed by atoms with Crippen molar-refractivity contribution in [3.8, 4) is 0 Å². The molecule has 0 aromatic heterocycles. The standard InChI is InChI=1S/C22H18IN/c1-17-11-14-19(15-12-17)21(16-13-18-7-3-2-4-8-18)24-22-10-6-5-9-20(22)23/h2-16H,1H3/b16-13+,24-21?. The Balaban J connectivity index is 2.02. The van der Waals surface area contributed by atoms with Crippen LogP contribution in [-0.2, 0) is 0 Å². The highest BCUT2D eigenvalue weighted by atomic mass is 127. The molecule has 0 aliphatic rings. The predicted octanol–water partition coefficient (Wildman–Crippen LogP) is 6.43. The van der Waals surface area contributed by atoms with E-state index in [4.69, 9.17) is 4.99 Å². The topological polar surface area (TPSA) is 12.4 Å². The predicted molar refractivity (Wildman–Crippen MR) is 112 cm³/mol. The first kappa shape index (κ1) is 16.7. The van der Waals surface area contributed by atoms with Gasteiger partial charge in [0.05, 0.1) is 11.4 Å². The molecule has 0 amide bonds. The van der Waals surface area contributed by atoms with Crippen LogP contribution >= 0.6 is 22.6 Å². The number of hydrogen-bond acceptors (Lipinski definition) is 1. The smallest absolute Gasteiger partial charge is 0.0770 e. The van der Waals surface area contributed by atoms with Crippen LogP contribution in [0.15, 0.2) is 89.9 Å². The molecule has 3 rings (SSSR count). The van der Waals surface area contributed by atoms with Gasteiger partial charge in [0.15, 0.2) is 0 Å². The number of rotatable bonds is 4. The summed E-state index contributed by atoms with van der Waals surface area (Å²) in [6, 6.07) is 27.0. The number of nitrogens with zero attached hydrogens (tertiary/aromatic N) is 1. The van der Waals surface area contributed by atoms with E-state index in [9.17, 15) is 0 Å². The van der Waals surface area contributed by atoms with Gasteiger partial charge >= 0.3 is 0 Å². The molecule has 0 saturated carbocycles. The van der Waals surface area contributed by atoms with Crippen LogP contribution in [0.5, 0.6) is 0 Å². The Bertz CT molecular complexity index is 862. The fourth-order valence-electron chi connectivity index (χ4n) is 2.33. The van der Waals surface area contributed by atoms with E-state index >= 15 is 0 Å². The van der Waals surface area contributed by atoms with Crippen LogP contribution in [0.1, 0.15) is 16.7 Å². The van der Waals surface area contributed by atoms with Gasteiger partial charge in [-0.25, -0.2) is 4.99 Å². The van der Waals surface area contributed by atoms with Gasteiger partial charge in [-0.1, -0.05) is 78.4 Å². The summed E-state index contributed by atoms with van der Waals surface area (Å²) in [6.45, 7) is 2.10. The van der Waals surface area contributed by atoms with E-state index in [0.29, 0.717) is 0 Å². The van der Waals surface area contributed by atoms with Gasteiger partial charge in [0.25, 0.3) is 0 Å². The van der Waals surface area contributed by atoms with Gasteiger partial charge in [0.1, 0.15) is 0 Å². The Morgan fingerprint density at radius 3 is 2.21 bits per heavy atom. The van der Waals surface area contributed by atoms with E-state index < -0.39 is 0 Å². The highest BCUT2D eigenvalue weighted by Crippen LogP contribution is 2.22. The molecule has 0 atom stereocenters. The zero-order chi connectivity index (χ0) is 16.8. The van der Waals surface area contributed by atoms with Gasteiger partial charge in [-0.05, 0) is 53.3 Å². The van der Waals surface area contributed by atoms with Crippen molar-refractivity contribution in [1.82, 2.24) is 0 Å². The molecular weight excluding hydrogens is 405 g/mol. The van der Waals surface area contributed by atoms with Crippen LogP contribution in [-0.4, -0.2) is 5.71 Å². The van der Waals surface area contributed by atoms with Gasteiger partial charge in [-0.2, -0.15) is 0 Å². The van der Waals surface area contributed by atoms with Crippen LogP contribution < -0.4 is 0 Å². The quantitative estimate of drug-likeness (QED) is 0.339. The summed E-state index contributed by atoms with van der Waals surface area (Å²) in [4.78, 5) is 4.90. The van der Waals surface area contributed by atoms with Crippen molar-refractivity contribution in [2.45, 2.75) is 6.92 Å². The Kier molecular flexibility index (Phi) is 5.59. The van der Waals surface area contributed by atoms with Gasteiger partial charge in [-0.3, -0.25) is 0 Å². The van der Waals surface area contributed by atoms with Crippen molar-refractivity contribution in [2.75, 3.05) is 0 Å². The fourth-order valence-corrected chi connectivity index (χ4v) is 2.84. The minimum absolute atomic E-state index is 0.961. The second-order valence-corrected chi connectivity index (χ2v) is 6.72. The highest BCUT2D eigenvalue weighted by molar-refractivity contribution is 14.1. The highest BCUT2D eigenvalue weighted by Gasteiger charge is 2.03. The molecule has 1 nitrogen and oxygen atoms in total. The molecule has 0 fully saturated rings. The maximum atomic E-state index is 4.90. The fraction of sp³-hybridized carbons (Fsp3) is 0.0455. The van der Waals surface area contributed by atoms with Crippen LogP contribution in [0.2, 0.25) is 0 Å². The molecule has 0 aliphatic heterocycles.